The molecule has 2 aromatic rings. The molecule has 3 atom stereocenters. The van der Waals surface area contributed by atoms with Gasteiger partial charge in [0.25, 0.3) is 5.91 Å². The summed E-state index contributed by atoms with van der Waals surface area (Å²) >= 11 is 0. The zero-order valence-corrected chi connectivity index (χ0v) is 20.2. The van der Waals surface area contributed by atoms with E-state index in [0.29, 0.717) is 17.9 Å². The maximum absolute atomic E-state index is 12.9. The third-order valence-electron chi connectivity index (χ3n) is 7.65. The molecule has 1 aliphatic carbocycles. The Morgan fingerprint density at radius 1 is 1.03 bits per heavy atom. The smallest absolute Gasteiger partial charge is 0.270 e. The molecule has 0 bridgehead atoms. The SMILES string of the molecule is CC(=O)N1CCC(Nc2cc(C(=O)N[C@@H]3CC(N4CCc5ccccc5C4)[C@H](O)C3)ncn2)CC1. The summed E-state index contributed by atoms with van der Waals surface area (Å²) in [6.07, 6.45) is 4.87. The van der Waals surface area contributed by atoms with E-state index in [4.69, 9.17) is 0 Å². The molecule has 5 rings (SSSR count). The van der Waals surface area contributed by atoms with Crippen molar-refractivity contribution in [2.75, 3.05) is 25.0 Å². The van der Waals surface area contributed by atoms with Gasteiger partial charge in [-0.25, -0.2) is 9.97 Å². The minimum absolute atomic E-state index is 0.0390. The van der Waals surface area contributed by atoms with Gasteiger partial charge in [0.05, 0.1) is 6.10 Å². The Morgan fingerprint density at radius 2 is 1.80 bits per heavy atom. The highest BCUT2D eigenvalue weighted by atomic mass is 16.3. The minimum Gasteiger partial charge on any atom is -0.391 e. The molecule has 2 amide bonds. The predicted molar refractivity (Wildman–Crippen MR) is 132 cm³/mol. The molecule has 1 aromatic heterocycles. The second kappa shape index (κ2) is 10.3. The van der Waals surface area contributed by atoms with Crippen molar-refractivity contribution in [1.29, 1.82) is 0 Å². The van der Waals surface area contributed by atoms with E-state index in [-0.39, 0.29) is 29.9 Å². The number of benzene rings is 1. The Bertz CT molecular complexity index is 1070. The van der Waals surface area contributed by atoms with Gasteiger partial charge in [0.15, 0.2) is 0 Å². The van der Waals surface area contributed by atoms with Crippen LogP contribution in [-0.4, -0.2) is 80.6 Å². The normalized spacial score (nSPS) is 25.2. The highest BCUT2D eigenvalue weighted by Gasteiger charge is 2.38. The van der Waals surface area contributed by atoms with Crippen molar-refractivity contribution in [2.24, 2.45) is 0 Å². The molecule has 1 aromatic carbocycles. The number of hydrogen-bond donors (Lipinski definition) is 3. The van der Waals surface area contributed by atoms with Crippen molar-refractivity contribution in [1.82, 2.24) is 25.1 Å². The summed E-state index contributed by atoms with van der Waals surface area (Å²) < 4.78 is 0. The number of amides is 2. The fraction of sp³-hybridized carbons (Fsp3) is 0.538. The van der Waals surface area contributed by atoms with E-state index in [1.807, 2.05) is 4.90 Å². The first-order valence-corrected chi connectivity index (χ1v) is 12.6. The van der Waals surface area contributed by atoms with E-state index in [1.54, 1.807) is 13.0 Å². The summed E-state index contributed by atoms with van der Waals surface area (Å²) in [7, 11) is 0. The van der Waals surface area contributed by atoms with Crippen molar-refractivity contribution < 1.29 is 14.7 Å². The van der Waals surface area contributed by atoms with Crippen LogP contribution < -0.4 is 10.6 Å². The molecule has 1 saturated heterocycles. The van der Waals surface area contributed by atoms with E-state index >= 15 is 0 Å². The third-order valence-corrected chi connectivity index (χ3v) is 7.65. The number of anilines is 1. The molecule has 3 N–H and O–H groups in total. The summed E-state index contributed by atoms with van der Waals surface area (Å²) in [5.41, 5.74) is 3.03. The molecule has 2 fully saturated rings. The van der Waals surface area contributed by atoms with Crippen molar-refractivity contribution in [3.8, 4) is 0 Å². The highest BCUT2D eigenvalue weighted by Crippen LogP contribution is 2.29. The van der Waals surface area contributed by atoms with Crippen LogP contribution in [0.4, 0.5) is 5.82 Å². The Balaban J connectivity index is 1.15. The van der Waals surface area contributed by atoms with Crippen molar-refractivity contribution in [3.05, 3.63) is 53.5 Å². The summed E-state index contributed by atoms with van der Waals surface area (Å²) in [6, 6.07) is 10.3. The fourth-order valence-corrected chi connectivity index (χ4v) is 5.67. The first-order valence-electron chi connectivity index (χ1n) is 12.6. The lowest BCUT2D eigenvalue weighted by Gasteiger charge is -2.35. The standard InChI is InChI=1S/C26H34N6O3/c1-17(33)31-10-7-20(8-11-31)29-25-14-22(27-16-28-25)26(35)30-21-12-23(24(34)13-21)32-9-6-18-4-2-3-5-19(18)15-32/h2-5,14,16,20-21,23-24,34H,6-13,15H2,1H3,(H,30,35)(H,27,28,29)/t21-,23?,24-/m1/s1. The zero-order valence-electron chi connectivity index (χ0n) is 20.2. The number of aromatic nitrogens is 2. The van der Waals surface area contributed by atoms with Gasteiger partial charge in [-0.3, -0.25) is 14.5 Å². The van der Waals surface area contributed by atoms with Crippen LogP contribution in [0.5, 0.6) is 0 Å². The van der Waals surface area contributed by atoms with Gasteiger partial charge >= 0.3 is 0 Å². The molecule has 0 radical (unpaired) electrons. The van der Waals surface area contributed by atoms with Gasteiger partial charge in [-0.1, -0.05) is 24.3 Å². The van der Waals surface area contributed by atoms with E-state index in [0.717, 1.165) is 51.9 Å². The number of piperidine rings is 1. The molecule has 186 valence electrons. The molecule has 2 aliphatic heterocycles. The number of likely N-dealkylation sites (tertiary alicyclic amines) is 1. The van der Waals surface area contributed by atoms with E-state index < -0.39 is 6.10 Å². The lowest BCUT2D eigenvalue weighted by Crippen LogP contribution is -2.43. The molecule has 0 spiro atoms. The Hall–Kier alpha value is -3.04. The van der Waals surface area contributed by atoms with Crippen molar-refractivity contribution in [3.63, 3.8) is 0 Å². The molecular weight excluding hydrogens is 444 g/mol. The number of aliphatic hydroxyl groups is 1. The van der Waals surface area contributed by atoms with Crippen LogP contribution in [0, 0.1) is 0 Å². The minimum atomic E-state index is -0.464. The first-order chi connectivity index (χ1) is 17.0. The number of rotatable bonds is 5. The van der Waals surface area contributed by atoms with Crippen LogP contribution in [0.25, 0.3) is 0 Å². The average Bonchev–Trinajstić information content (AvgIpc) is 3.24. The summed E-state index contributed by atoms with van der Waals surface area (Å²) in [6.45, 7) is 4.80. The molecule has 9 nitrogen and oxygen atoms in total. The van der Waals surface area contributed by atoms with Crippen LogP contribution in [0.1, 0.15) is 54.2 Å². The number of aliphatic hydroxyl groups excluding tert-OH is 1. The number of fused-ring (bicyclic) bond motifs is 1. The lowest BCUT2D eigenvalue weighted by atomic mass is 9.98. The Kier molecular flexibility index (Phi) is 6.97. The summed E-state index contributed by atoms with van der Waals surface area (Å²) in [5, 5.41) is 17.2. The number of carbonyl (C=O) groups excluding carboxylic acids is 2. The Labute approximate surface area is 205 Å². The quantitative estimate of drug-likeness (QED) is 0.598. The number of hydrogen-bond acceptors (Lipinski definition) is 7. The number of carbonyl (C=O) groups is 2. The van der Waals surface area contributed by atoms with Crippen LogP contribution in [-0.2, 0) is 17.8 Å². The maximum Gasteiger partial charge on any atom is 0.270 e. The summed E-state index contributed by atoms with van der Waals surface area (Å²) in [4.78, 5) is 37.1. The van der Waals surface area contributed by atoms with Gasteiger partial charge in [0, 0.05) is 57.3 Å². The van der Waals surface area contributed by atoms with E-state index in [9.17, 15) is 14.7 Å². The molecule has 1 unspecified atom stereocenters. The van der Waals surface area contributed by atoms with Crippen LogP contribution >= 0.6 is 0 Å². The van der Waals surface area contributed by atoms with E-state index in [2.05, 4.69) is 49.8 Å². The van der Waals surface area contributed by atoms with Crippen LogP contribution in [0.3, 0.4) is 0 Å². The predicted octanol–water partition coefficient (Wildman–Crippen LogP) is 1.58. The second-order valence-electron chi connectivity index (χ2n) is 9.98. The molecule has 3 heterocycles. The van der Waals surface area contributed by atoms with Crippen molar-refractivity contribution >= 4 is 17.6 Å². The zero-order chi connectivity index (χ0) is 24.4. The maximum atomic E-state index is 12.9. The van der Waals surface area contributed by atoms with Crippen molar-refractivity contribution in [2.45, 2.75) is 69.8 Å². The third kappa shape index (κ3) is 5.46. The van der Waals surface area contributed by atoms with Gasteiger partial charge in [-0.2, -0.15) is 0 Å². The van der Waals surface area contributed by atoms with Gasteiger partial charge in [0.1, 0.15) is 17.8 Å². The average molecular weight is 479 g/mol. The number of nitrogens with one attached hydrogen (secondary N) is 2. The highest BCUT2D eigenvalue weighted by molar-refractivity contribution is 5.93. The summed E-state index contributed by atoms with van der Waals surface area (Å²) in [5.74, 6) is 0.472. The second-order valence-corrected chi connectivity index (χ2v) is 9.98. The largest absolute Gasteiger partial charge is 0.391 e. The molecule has 1 saturated carbocycles. The van der Waals surface area contributed by atoms with Crippen LogP contribution in [0.2, 0.25) is 0 Å². The molecule has 9 heteroatoms. The van der Waals surface area contributed by atoms with Gasteiger partial charge in [0.2, 0.25) is 5.91 Å². The van der Waals surface area contributed by atoms with Crippen LogP contribution in [0.15, 0.2) is 36.7 Å². The van der Waals surface area contributed by atoms with Gasteiger partial charge in [-0.15, -0.1) is 0 Å². The first kappa shape index (κ1) is 23.7. The molecule has 35 heavy (non-hydrogen) atoms. The monoisotopic (exact) mass is 478 g/mol. The van der Waals surface area contributed by atoms with E-state index in [1.165, 1.54) is 17.5 Å². The lowest BCUT2D eigenvalue weighted by molar-refractivity contribution is -0.129. The topological polar surface area (TPSA) is 111 Å². The molecule has 3 aliphatic rings. The van der Waals surface area contributed by atoms with Gasteiger partial charge < -0.3 is 20.6 Å². The van der Waals surface area contributed by atoms with Gasteiger partial charge in [-0.05, 0) is 43.2 Å². The fourth-order valence-electron chi connectivity index (χ4n) is 5.67. The Morgan fingerprint density at radius 3 is 2.57 bits per heavy atom. The molecular formula is C26H34N6O3. The number of nitrogens with zero attached hydrogens (tertiary/aromatic N) is 4.